The molecule has 2 aromatic rings. The zero-order valence-electron chi connectivity index (χ0n) is 15.5. The third kappa shape index (κ3) is 4.11. The van der Waals surface area contributed by atoms with Crippen molar-refractivity contribution in [3.8, 4) is 0 Å². The number of esters is 1. The summed E-state index contributed by atoms with van der Waals surface area (Å²) in [5.41, 5.74) is 5.72. The first kappa shape index (κ1) is 18.1. The summed E-state index contributed by atoms with van der Waals surface area (Å²) in [5, 5.41) is 0. The van der Waals surface area contributed by atoms with Gasteiger partial charge in [0.2, 0.25) is 0 Å². The van der Waals surface area contributed by atoms with Gasteiger partial charge in [-0.2, -0.15) is 0 Å². The van der Waals surface area contributed by atoms with E-state index in [4.69, 9.17) is 9.47 Å². The molecule has 0 spiro atoms. The van der Waals surface area contributed by atoms with Crippen molar-refractivity contribution in [2.75, 3.05) is 38.3 Å². The van der Waals surface area contributed by atoms with Gasteiger partial charge in [-0.05, 0) is 54.8 Å². The third-order valence-corrected chi connectivity index (χ3v) is 4.60. The second kappa shape index (κ2) is 8.15. The zero-order valence-corrected chi connectivity index (χ0v) is 15.5. The summed E-state index contributed by atoms with van der Waals surface area (Å²) in [7, 11) is 1.38. The number of hydrogen-bond acceptors (Lipinski definition) is 5. The average Bonchev–Trinajstić information content (AvgIpc) is 2.68. The molecule has 0 aromatic heterocycles. The molecule has 1 fully saturated rings. The number of benzene rings is 2. The van der Waals surface area contributed by atoms with Crippen LogP contribution in [-0.4, -0.2) is 45.6 Å². The number of aryl methyl sites for hydroxylation is 2. The molecule has 0 bridgehead atoms. The molecule has 1 saturated heterocycles. The van der Waals surface area contributed by atoms with Gasteiger partial charge in [0.15, 0.2) is 0 Å². The Hall–Kier alpha value is -2.66. The summed E-state index contributed by atoms with van der Waals surface area (Å²) >= 11 is 0. The van der Waals surface area contributed by atoms with Crippen LogP contribution in [0.4, 0.5) is 11.4 Å². The second-order valence-corrected chi connectivity index (χ2v) is 6.39. The quantitative estimate of drug-likeness (QED) is 0.622. The van der Waals surface area contributed by atoms with E-state index < -0.39 is 0 Å². The summed E-state index contributed by atoms with van der Waals surface area (Å²) in [6.07, 6.45) is 1.85. The van der Waals surface area contributed by atoms with Crippen LogP contribution in [-0.2, 0) is 9.47 Å². The van der Waals surface area contributed by atoms with Gasteiger partial charge in [0, 0.05) is 25.0 Å². The number of nitrogens with zero attached hydrogens (tertiary/aromatic N) is 2. The van der Waals surface area contributed by atoms with Crippen molar-refractivity contribution in [3.63, 3.8) is 0 Å². The minimum absolute atomic E-state index is 0.354. The van der Waals surface area contributed by atoms with E-state index >= 15 is 0 Å². The monoisotopic (exact) mass is 352 g/mol. The minimum atomic E-state index is -0.354. The fraction of sp³-hybridized carbons (Fsp3) is 0.333. The number of ether oxygens (including phenoxy) is 2. The molecular formula is C21H24N2O3. The van der Waals surface area contributed by atoms with Gasteiger partial charge in [0.05, 0.1) is 31.6 Å². The standard InChI is InChI=1S/C21H24N2O3/c1-15-4-5-17(21(24)25-3)13-20(15)22-14-18-6-7-19(12-16(18)2)23-8-10-26-11-9-23/h4-7,12-14H,8-11H2,1-3H3. The molecule has 0 N–H and O–H groups in total. The smallest absolute Gasteiger partial charge is 0.337 e. The Morgan fingerprint density at radius 3 is 2.58 bits per heavy atom. The highest BCUT2D eigenvalue weighted by molar-refractivity contribution is 5.91. The number of carbonyl (C=O) groups excluding carboxylic acids is 1. The van der Waals surface area contributed by atoms with E-state index in [9.17, 15) is 4.79 Å². The second-order valence-electron chi connectivity index (χ2n) is 6.39. The Morgan fingerprint density at radius 2 is 1.88 bits per heavy atom. The van der Waals surface area contributed by atoms with Crippen molar-refractivity contribution >= 4 is 23.6 Å². The lowest BCUT2D eigenvalue weighted by Crippen LogP contribution is -2.36. The lowest BCUT2D eigenvalue weighted by molar-refractivity contribution is 0.0601. The van der Waals surface area contributed by atoms with Gasteiger partial charge in [-0.15, -0.1) is 0 Å². The number of anilines is 1. The summed E-state index contributed by atoms with van der Waals surface area (Å²) in [6, 6.07) is 11.8. The Balaban J connectivity index is 1.81. The van der Waals surface area contributed by atoms with Crippen molar-refractivity contribution in [1.82, 2.24) is 0 Å². The van der Waals surface area contributed by atoms with Crippen molar-refractivity contribution in [2.24, 2.45) is 4.99 Å². The highest BCUT2D eigenvalue weighted by Gasteiger charge is 2.12. The molecule has 136 valence electrons. The highest BCUT2D eigenvalue weighted by Crippen LogP contribution is 2.23. The van der Waals surface area contributed by atoms with Gasteiger partial charge < -0.3 is 14.4 Å². The maximum atomic E-state index is 11.7. The van der Waals surface area contributed by atoms with Crippen LogP contribution in [0, 0.1) is 13.8 Å². The molecular weight excluding hydrogens is 328 g/mol. The van der Waals surface area contributed by atoms with Crippen molar-refractivity contribution in [3.05, 3.63) is 58.7 Å². The van der Waals surface area contributed by atoms with Crippen LogP contribution >= 0.6 is 0 Å². The molecule has 1 heterocycles. The lowest BCUT2D eigenvalue weighted by Gasteiger charge is -2.29. The summed E-state index contributed by atoms with van der Waals surface area (Å²) < 4.78 is 10.2. The number of hydrogen-bond donors (Lipinski definition) is 0. The van der Waals surface area contributed by atoms with Crippen molar-refractivity contribution in [2.45, 2.75) is 13.8 Å². The van der Waals surface area contributed by atoms with Gasteiger partial charge >= 0.3 is 5.97 Å². The summed E-state index contributed by atoms with van der Waals surface area (Å²) in [6.45, 7) is 7.46. The van der Waals surface area contributed by atoms with E-state index in [1.807, 2.05) is 19.2 Å². The fourth-order valence-corrected chi connectivity index (χ4v) is 2.96. The van der Waals surface area contributed by atoms with Crippen LogP contribution in [0.5, 0.6) is 0 Å². The molecule has 5 nitrogen and oxygen atoms in total. The van der Waals surface area contributed by atoms with Crippen LogP contribution in [0.3, 0.4) is 0 Å². The molecule has 0 amide bonds. The Kier molecular flexibility index (Phi) is 5.68. The minimum Gasteiger partial charge on any atom is -0.465 e. The maximum absolute atomic E-state index is 11.7. The highest BCUT2D eigenvalue weighted by atomic mass is 16.5. The lowest BCUT2D eigenvalue weighted by atomic mass is 10.1. The first-order chi connectivity index (χ1) is 12.6. The summed E-state index contributed by atoms with van der Waals surface area (Å²) in [5.74, 6) is -0.354. The molecule has 2 aromatic carbocycles. The largest absolute Gasteiger partial charge is 0.465 e. The maximum Gasteiger partial charge on any atom is 0.337 e. The molecule has 1 aliphatic heterocycles. The molecule has 1 aliphatic rings. The van der Waals surface area contributed by atoms with Gasteiger partial charge in [0.1, 0.15) is 0 Å². The van der Waals surface area contributed by atoms with Gasteiger partial charge in [-0.1, -0.05) is 12.1 Å². The van der Waals surface area contributed by atoms with Gasteiger partial charge in [-0.3, -0.25) is 4.99 Å². The van der Waals surface area contributed by atoms with Crippen LogP contribution in [0.15, 0.2) is 41.4 Å². The predicted molar refractivity (Wildman–Crippen MR) is 104 cm³/mol. The topological polar surface area (TPSA) is 51.1 Å². The number of aliphatic imine (C=N–C) groups is 1. The van der Waals surface area contributed by atoms with Crippen LogP contribution in [0.25, 0.3) is 0 Å². The molecule has 0 saturated carbocycles. The van der Waals surface area contributed by atoms with Crippen LogP contribution in [0.2, 0.25) is 0 Å². The Morgan fingerprint density at radius 1 is 1.12 bits per heavy atom. The molecule has 5 heteroatoms. The average molecular weight is 352 g/mol. The fourth-order valence-electron chi connectivity index (χ4n) is 2.96. The van der Waals surface area contributed by atoms with E-state index in [0.717, 1.165) is 43.1 Å². The van der Waals surface area contributed by atoms with E-state index in [-0.39, 0.29) is 5.97 Å². The molecule has 0 radical (unpaired) electrons. The molecule has 3 rings (SSSR count). The predicted octanol–water partition coefficient (Wildman–Crippen LogP) is 3.68. The number of methoxy groups -OCH3 is 1. The van der Waals surface area contributed by atoms with Crippen molar-refractivity contribution < 1.29 is 14.3 Å². The normalized spacial score (nSPS) is 14.7. The van der Waals surface area contributed by atoms with E-state index in [1.165, 1.54) is 18.4 Å². The number of morpholine rings is 1. The first-order valence-electron chi connectivity index (χ1n) is 8.75. The number of rotatable bonds is 4. The van der Waals surface area contributed by atoms with E-state index in [1.54, 1.807) is 12.1 Å². The van der Waals surface area contributed by atoms with Crippen LogP contribution in [0.1, 0.15) is 27.0 Å². The first-order valence-corrected chi connectivity index (χ1v) is 8.75. The van der Waals surface area contributed by atoms with Crippen molar-refractivity contribution in [1.29, 1.82) is 0 Å². The van der Waals surface area contributed by atoms with Gasteiger partial charge in [0.25, 0.3) is 0 Å². The Labute approximate surface area is 154 Å². The number of carbonyl (C=O) groups is 1. The Bertz CT molecular complexity index is 824. The van der Waals surface area contributed by atoms with Gasteiger partial charge in [-0.25, -0.2) is 4.79 Å². The third-order valence-electron chi connectivity index (χ3n) is 4.60. The van der Waals surface area contributed by atoms with E-state index in [0.29, 0.717) is 5.56 Å². The molecule has 0 unspecified atom stereocenters. The van der Waals surface area contributed by atoms with Crippen LogP contribution < -0.4 is 4.90 Å². The molecule has 26 heavy (non-hydrogen) atoms. The van der Waals surface area contributed by atoms with E-state index in [2.05, 4.69) is 35.0 Å². The SMILES string of the molecule is COC(=O)c1ccc(C)c(N=Cc2ccc(N3CCOCC3)cc2C)c1. The zero-order chi connectivity index (χ0) is 18.5. The molecule has 0 atom stereocenters. The molecule has 0 aliphatic carbocycles. The summed E-state index contributed by atoms with van der Waals surface area (Å²) in [4.78, 5) is 18.6.